The number of nitrogens with zero attached hydrogens (tertiary/aromatic N) is 1. The Morgan fingerprint density at radius 1 is 1.50 bits per heavy atom. The van der Waals surface area contributed by atoms with Crippen LogP contribution in [0.3, 0.4) is 0 Å². The molecule has 1 aliphatic rings. The number of carbonyl (C=O) groups is 1. The number of pyridine rings is 1. The van der Waals surface area contributed by atoms with Crippen LogP contribution in [0.25, 0.3) is 0 Å². The van der Waals surface area contributed by atoms with E-state index >= 15 is 0 Å². The van der Waals surface area contributed by atoms with E-state index in [-0.39, 0.29) is 5.78 Å². The maximum Gasteiger partial charge on any atom is 0.162 e. The van der Waals surface area contributed by atoms with Gasteiger partial charge in [0.1, 0.15) is 0 Å². The van der Waals surface area contributed by atoms with Gasteiger partial charge in [-0.05, 0) is 36.5 Å². The van der Waals surface area contributed by atoms with Gasteiger partial charge in [-0.25, -0.2) is 0 Å². The number of carbonyl (C=O) groups excluding carboxylic acids is 1. The second-order valence-corrected chi connectivity index (χ2v) is 3.58. The molecule has 1 heterocycles. The summed E-state index contributed by atoms with van der Waals surface area (Å²) in [6.07, 6.45) is 9.20. The predicted molar refractivity (Wildman–Crippen MR) is 54.9 cm³/mol. The summed E-state index contributed by atoms with van der Waals surface area (Å²) in [6.45, 7) is 0. The molecule has 0 N–H and O–H groups in total. The zero-order chi connectivity index (χ0) is 9.80. The molecule has 0 saturated carbocycles. The normalized spacial score (nSPS) is 15.3. The smallest absolute Gasteiger partial charge is 0.162 e. The highest BCUT2D eigenvalue weighted by Gasteiger charge is 2.13. The summed E-state index contributed by atoms with van der Waals surface area (Å²) >= 11 is 0. The van der Waals surface area contributed by atoms with E-state index in [4.69, 9.17) is 0 Å². The van der Waals surface area contributed by atoms with Crippen molar-refractivity contribution in [1.29, 1.82) is 0 Å². The van der Waals surface area contributed by atoms with Crippen LogP contribution < -0.4 is 0 Å². The lowest BCUT2D eigenvalue weighted by Gasteiger charge is -2.00. The summed E-state index contributed by atoms with van der Waals surface area (Å²) in [4.78, 5) is 15.7. The van der Waals surface area contributed by atoms with Gasteiger partial charge < -0.3 is 0 Å². The minimum atomic E-state index is 0.260. The average molecular weight is 187 g/mol. The Hall–Kier alpha value is -1.44. The molecule has 0 fully saturated rings. The Labute approximate surface area is 83.7 Å². The third kappa shape index (κ3) is 2.08. The van der Waals surface area contributed by atoms with Crippen LogP contribution in [0.15, 0.2) is 36.2 Å². The van der Waals surface area contributed by atoms with Crippen molar-refractivity contribution in [2.45, 2.75) is 25.7 Å². The van der Waals surface area contributed by atoms with Crippen molar-refractivity contribution in [3.8, 4) is 0 Å². The molecule has 1 aliphatic carbocycles. The van der Waals surface area contributed by atoms with Gasteiger partial charge in [-0.15, -0.1) is 0 Å². The van der Waals surface area contributed by atoms with Gasteiger partial charge in [0.05, 0.1) is 0 Å². The van der Waals surface area contributed by atoms with Gasteiger partial charge in [-0.2, -0.15) is 0 Å². The summed E-state index contributed by atoms with van der Waals surface area (Å²) in [5.41, 5.74) is 2.01. The summed E-state index contributed by atoms with van der Waals surface area (Å²) in [5, 5.41) is 0. The number of Topliss-reactive ketones (excluding diaryl/α,β-unsaturated/α-hetero) is 1. The fraction of sp³-hybridized carbons (Fsp3) is 0.333. The summed E-state index contributed by atoms with van der Waals surface area (Å²) < 4.78 is 0. The van der Waals surface area contributed by atoms with Gasteiger partial charge in [-0.1, -0.05) is 12.1 Å². The van der Waals surface area contributed by atoms with E-state index in [9.17, 15) is 4.79 Å². The lowest BCUT2D eigenvalue weighted by Crippen LogP contribution is -2.04. The highest BCUT2D eigenvalue weighted by Crippen LogP contribution is 2.19. The van der Waals surface area contributed by atoms with E-state index in [1.165, 1.54) is 0 Å². The third-order valence-corrected chi connectivity index (χ3v) is 2.49. The van der Waals surface area contributed by atoms with Crippen LogP contribution in [0.4, 0.5) is 0 Å². The van der Waals surface area contributed by atoms with Gasteiger partial charge in [0.25, 0.3) is 0 Å². The van der Waals surface area contributed by atoms with Crippen LogP contribution in [0.1, 0.15) is 24.8 Å². The second-order valence-electron chi connectivity index (χ2n) is 3.58. The number of allylic oxidation sites excluding steroid dienone is 2. The largest absolute Gasteiger partial charge is 0.294 e. The molecule has 0 atom stereocenters. The van der Waals surface area contributed by atoms with Crippen molar-refractivity contribution in [2.75, 3.05) is 0 Å². The van der Waals surface area contributed by atoms with E-state index in [2.05, 4.69) is 11.1 Å². The summed E-state index contributed by atoms with van der Waals surface area (Å²) in [7, 11) is 0. The number of rotatable bonds is 3. The molecule has 0 radical (unpaired) electrons. The van der Waals surface area contributed by atoms with Crippen LogP contribution in [-0.2, 0) is 11.2 Å². The maximum atomic E-state index is 11.7. The molecule has 0 aromatic carbocycles. The van der Waals surface area contributed by atoms with E-state index in [0.29, 0.717) is 6.42 Å². The number of ketones is 1. The van der Waals surface area contributed by atoms with Gasteiger partial charge in [-0.3, -0.25) is 9.78 Å². The van der Waals surface area contributed by atoms with Crippen LogP contribution in [0.2, 0.25) is 0 Å². The Bertz CT molecular complexity index is 354. The molecule has 14 heavy (non-hydrogen) atoms. The van der Waals surface area contributed by atoms with Crippen molar-refractivity contribution in [3.05, 3.63) is 41.7 Å². The minimum Gasteiger partial charge on any atom is -0.294 e. The van der Waals surface area contributed by atoms with Crippen molar-refractivity contribution in [2.24, 2.45) is 0 Å². The quantitative estimate of drug-likeness (QED) is 0.726. The van der Waals surface area contributed by atoms with Crippen molar-refractivity contribution >= 4 is 5.78 Å². The molecule has 0 bridgehead atoms. The van der Waals surface area contributed by atoms with Gasteiger partial charge in [0, 0.05) is 18.8 Å². The summed E-state index contributed by atoms with van der Waals surface area (Å²) in [5.74, 6) is 0.260. The lowest BCUT2D eigenvalue weighted by atomic mass is 10.0. The minimum absolute atomic E-state index is 0.260. The van der Waals surface area contributed by atoms with Gasteiger partial charge in [0.2, 0.25) is 0 Å². The van der Waals surface area contributed by atoms with Gasteiger partial charge in [0.15, 0.2) is 5.78 Å². The molecule has 0 aliphatic heterocycles. The van der Waals surface area contributed by atoms with E-state index < -0.39 is 0 Å². The Balaban J connectivity index is 2.01. The topological polar surface area (TPSA) is 30.0 Å². The molecule has 1 aromatic heterocycles. The van der Waals surface area contributed by atoms with Gasteiger partial charge >= 0.3 is 0 Å². The van der Waals surface area contributed by atoms with E-state index in [0.717, 1.165) is 30.4 Å². The molecular weight excluding hydrogens is 174 g/mol. The molecule has 0 amide bonds. The van der Waals surface area contributed by atoms with Crippen LogP contribution in [-0.4, -0.2) is 10.8 Å². The molecule has 0 saturated heterocycles. The molecule has 2 heteroatoms. The Kier molecular flexibility index (Phi) is 2.73. The first-order chi connectivity index (χ1) is 6.86. The fourth-order valence-corrected chi connectivity index (χ4v) is 1.73. The van der Waals surface area contributed by atoms with Crippen LogP contribution >= 0.6 is 0 Å². The maximum absolute atomic E-state index is 11.7. The average Bonchev–Trinajstić information content (AvgIpc) is 2.72. The SMILES string of the molecule is O=C(Cc1cccnc1)C1=CCCC1. The molecule has 0 unspecified atom stereocenters. The molecule has 1 aromatic rings. The number of hydrogen-bond acceptors (Lipinski definition) is 2. The second kappa shape index (κ2) is 4.18. The molecule has 2 rings (SSSR count). The van der Waals surface area contributed by atoms with E-state index in [1.54, 1.807) is 12.4 Å². The molecule has 2 nitrogen and oxygen atoms in total. The highest BCUT2D eigenvalue weighted by atomic mass is 16.1. The molecule has 72 valence electrons. The van der Waals surface area contributed by atoms with Crippen molar-refractivity contribution in [1.82, 2.24) is 4.98 Å². The van der Waals surface area contributed by atoms with Crippen LogP contribution in [0.5, 0.6) is 0 Å². The predicted octanol–water partition coefficient (Wildman–Crippen LogP) is 2.30. The Morgan fingerprint density at radius 3 is 3.07 bits per heavy atom. The molecule has 0 spiro atoms. The monoisotopic (exact) mass is 187 g/mol. The number of aromatic nitrogens is 1. The zero-order valence-electron chi connectivity index (χ0n) is 8.07. The zero-order valence-corrected chi connectivity index (χ0v) is 8.07. The third-order valence-electron chi connectivity index (χ3n) is 2.49. The van der Waals surface area contributed by atoms with Crippen molar-refractivity contribution < 1.29 is 4.79 Å². The first kappa shape index (κ1) is 9.13. The number of hydrogen-bond donors (Lipinski definition) is 0. The van der Waals surface area contributed by atoms with E-state index in [1.807, 2.05) is 12.1 Å². The standard InChI is InChI=1S/C12H13NO/c14-12(11-5-1-2-6-11)8-10-4-3-7-13-9-10/h3-5,7,9H,1-2,6,8H2. The first-order valence-corrected chi connectivity index (χ1v) is 4.97. The highest BCUT2D eigenvalue weighted by molar-refractivity contribution is 5.97. The fourth-order valence-electron chi connectivity index (χ4n) is 1.73. The Morgan fingerprint density at radius 2 is 2.43 bits per heavy atom. The molecular formula is C12H13NO. The lowest BCUT2D eigenvalue weighted by molar-refractivity contribution is -0.115. The first-order valence-electron chi connectivity index (χ1n) is 4.97. The van der Waals surface area contributed by atoms with Crippen LogP contribution in [0, 0.1) is 0 Å². The van der Waals surface area contributed by atoms with Crippen molar-refractivity contribution in [3.63, 3.8) is 0 Å². The summed E-state index contributed by atoms with van der Waals surface area (Å²) in [6, 6.07) is 3.81.